The van der Waals surface area contributed by atoms with Gasteiger partial charge in [-0.15, -0.1) is 0 Å². The fraction of sp³-hybridized carbons (Fsp3) is 0.321. The third-order valence-corrected chi connectivity index (χ3v) is 12.9. The molecule has 0 bridgehead atoms. The molecule has 2 saturated heterocycles. The summed E-state index contributed by atoms with van der Waals surface area (Å²) in [5.41, 5.74) is 6.41. The number of nitrogens with one attached hydrogen (secondary N) is 1. The van der Waals surface area contributed by atoms with Crippen LogP contribution in [0.25, 0.3) is 22.3 Å². The minimum absolute atomic E-state index is 0.0816. The molecule has 9 rings (SSSR count). The molecule has 6 aromatic carbocycles. The minimum atomic E-state index is -2.98. The highest BCUT2D eigenvalue weighted by Crippen LogP contribution is 2.36. The van der Waals surface area contributed by atoms with E-state index >= 15 is 0 Å². The number of alkyl halides is 4. The second-order valence-electron chi connectivity index (χ2n) is 17.7. The largest absolute Gasteiger partial charge is 0.493 e. The number of amides is 2. The van der Waals surface area contributed by atoms with Gasteiger partial charge in [0.05, 0.1) is 14.2 Å². The molecule has 0 aromatic heterocycles. The monoisotopic (exact) mass is 958 g/mol. The van der Waals surface area contributed by atoms with Crippen molar-refractivity contribution in [1.82, 2.24) is 10.2 Å². The molecule has 0 radical (unpaired) electrons. The Labute approximate surface area is 406 Å². The molecule has 14 heteroatoms. The summed E-state index contributed by atoms with van der Waals surface area (Å²) in [4.78, 5) is 33.7. The van der Waals surface area contributed by atoms with Crippen LogP contribution in [-0.4, -0.2) is 89.0 Å². The lowest BCUT2D eigenvalue weighted by Crippen LogP contribution is -2.44. The predicted molar refractivity (Wildman–Crippen MR) is 265 cm³/mol. The van der Waals surface area contributed by atoms with Crippen LogP contribution >= 0.6 is 0 Å². The fourth-order valence-electron chi connectivity index (χ4n) is 9.20. The first-order chi connectivity index (χ1) is 34.1. The van der Waals surface area contributed by atoms with Crippen molar-refractivity contribution in [3.8, 4) is 45.3 Å². The van der Waals surface area contributed by atoms with Crippen molar-refractivity contribution in [2.75, 3.05) is 56.7 Å². The van der Waals surface area contributed by atoms with E-state index in [2.05, 4.69) is 19.7 Å². The summed E-state index contributed by atoms with van der Waals surface area (Å²) in [6.45, 7) is -1.84. The highest BCUT2D eigenvalue weighted by molar-refractivity contribution is 6.07. The number of rotatable bonds is 18. The second-order valence-corrected chi connectivity index (χ2v) is 17.7. The number of likely N-dealkylation sites (tertiary alicyclic amines) is 1. The Morgan fingerprint density at radius 1 is 0.571 bits per heavy atom. The molecule has 1 saturated carbocycles. The van der Waals surface area contributed by atoms with Gasteiger partial charge in [0.2, 0.25) is 0 Å². The summed E-state index contributed by atoms with van der Waals surface area (Å²) in [7, 11) is 2.72. The van der Waals surface area contributed by atoms with E-state index in [0.29, 0.717) is 24.2 Å². The molecule has 3 aliphatic rings. The van der Waals surface area contributed by atoms with Crippen molar-refractivity contribution in [3.63, 3.8) is 0 Å². The van der Waals surface area contributed by atoms with E-state index in [-0.39, 0.29) is 46.9 Å². The van der Waals surface area contributed by atoms with Crippen LogP contribution in [0.15, 0.2) is 146 Å². The first-order valence-corrected chi connectivity index (χ1v) is 23.7. The van der Waals surface area contributed by atoms with Crippen LogP contribution in [0.5, 0.6) is 23.0 Å². The van der Waals surface area contributed by atoms with Crippen LogP contribution in [0, 0.1) is 5.92 Å². The van der Waals surface area contributed by atoms with Crippen LogP contribution in [0.3, 0.4) is 0 Å². The Bertz CT molecular complexity index is 2670. The normalized spacial score (nSPS) is 16.6. The Kier molecular flexibility index (Phi) is 16.7. The molecular weight excluding hydrogens is 901 g/mol. The summed E-state index contributed by atoms with van der Waals surface area (Å²) in [6, 6.07) is 44.9. The van der Waals surface area contributed by atoms with Crippen molar-refractivity contribution in [2.45, 2.75) is 63.8 Å². The quantitative estimate of drug-likeness (QED) is 0.0852. The SMILES string of the molecule is COc1cc(C(=O)N(CC2CCCN2)c2cccc(-c3ccccc3)c2)ccc1OC(F)F.COc1cc(C(=O)N(CC2CCCN2CC2CC2)c2cccc(-c3ccccc3)c2)ccc1OC(F)F. The molecule has 2 amide bonds. The zero-order valence-electron chi connectivity index (χ0n) is 39.3. The van der Waals surface area contributed by atoms with E-state index in [1.54, 1.807) is 4.90 Å². The minimum Gasteiger partial charge on any atom is -0.493 e. The summed E-state index contributed by atoms with van der Waals surface area (Å²) in [6.07, 6.45) is 6.78. The number of carbonyl (C=O) groups excluding carboxylic acids is 2. The van der Waals surface area contributed by atoms with Crippen molar-refractivity contribution in [2.24, 2.45) is 5.92 Å². The van der Waals surface area contributed by atoms with Gasteiger partial charge in [-0.3, -0.25) is 14.5 Å². The zero-order chi connectivity index (χ0) is 49.0. The fourth-order valence-corrected chi connectivity index (χ4v) is 9.20. The van der Waals surface area contributed by atoms with Gasteiger partial charge in [0.1, 0.15) is 0 Å². The van der Waals surface area contributed by atoms with Gasteiger partial charge in [-0.2, -0.15) is 17.6 Å². The van der Waals surface area contributed by atoms with Gasteiger partial charge in [0.15, 0.2) is 23.0 Å². The summed E-state index contributed by atoms with van der Waals surface area (Å²) < 4.78 is 70.5. The molecule has 10 nitrogen and oxygen atoms in total. The predicted octanol–water partition coefficient (Wildman–Crippen LogP) is 11.8. The Balaban J connectivity index is 0.000000190. The van der Waals surface area contributed by atoms with Crippen molar-refractivity contribution >= 4 is 23.2 Å². The number of anilines is 2. The third kappa shape index (κ3) is 12.8. The Morgan fingerprint density at radius 3 is 1.53 bits per heavy atom. The van der Waals surface area contributed by atoms with Crippen molar-refractivity contribution < 1.29 is 46.1 Å². The summed E-state index contributed by atoms with van der Waals surface area (Å²) in [5.74, 6) is 0.301. The lowest BCUT2D eigenvalue weighted by molar-refractivity contribution is -0.0518. The van der Waals surface area contributed by atoms with Crippen LogP contribution in [0.4, 0.5) is 28.9 Å². The highest BCUT2D eigenvalue weighted by Gasteiger charge is 2.34. The summed E-state index contributed by atoms with van der Waals surface area (Å²) >= 11 is 0. The molecule has 2 heterocycles. The molecule has 1 N–H and O–H groups in total. The number of benzene rings is 6. The molecule has 366 valence electrons. The molecule has 6 aromatic rings. The van der Waals surface area contributed by atoms with Gasteiger partial charge in [-0.1, -0.05) is 84.9 Å². The first kappa shape index (κ1) is 49.5. The smallest absolute Gasteiger partial charge is 0.387 e. The highest BCUT2D eigenvalue weighted by atomic mass is 19.3. The maximum atomic E-state index is 14.0. The van der Waals surface area contributed by atoms with Crippen molar-refractivity contribution in [1.29, 1.82) is 0 Å². The average Bonchev–Trinajstić information content (AvgIpc) is 3.85. The molecule has 2 aliphatic heterocycles. The van der Waals surface area contributed by atoms with E-state index in [4.69, 9.17) is 9.47 Å². The average molecular weight is 959 g/mol. The molecule has 3 fully saturated rings. The van der Waals surface area contributed by atoms with Crippen molar-refractivity contribution in [3.05, 3.63) is 157 Å². The number of halogens is 4. The zero-order valence-corrected chi connectivity index (χ0v) is 39.3. The van der Waals surface area contributed by atoms with Gasteiger partial charge < -0.3 is 34.1 Å². The van der Waals surface area contributed by atoms with Crippen LogP contribution in [0.1, 0.15) is 59.2 Å². The number of hydrogen-bond acceptors (Lipinski definition) is 8. The molecule has 0 spiro atoms. The van der Waals surface area contributed by atoms with Gasteiger partial charge in [0.25, 0.3) is 11.8 Å². The number of ether oxygens (including phenoxy) is 4. The lowest BCUT2D eigenvalue weighted by atomic mass is 10.0. The van der Waals surface area contributed by atoms with E-state index in [1.165, 1.54) is 63.5 Å². The molecule has 2 unspecified atom stereocenters. The molecular formula is C56H58F4N4O6. The van der Waals surface area contributed by atoms with Gasteiger partial charge in [0, 0.05) is 54.2 Å². The van der Waals surface area contributed by atoms with Crippen LogP contribution in [0.2, 0.25) is 0 Å². The third-order valence-electron chi connectivity index (χ3n) is 12.9. The van der Waals surface area contributed by atoms with Gasteiger partial charge in [-0.25, -0.2) is 0 Å². The van der Waals surface area contributed by atoms with E-state index in [0.717, 1.165) is 84.9 Å². The second kappa shape index (κ2) is 23.6. The maximum Gasteiger partial charge on any atom is 0.387 e. The maximum absolute atomic E-state index is 14.0. The lowest BCUT2D eigenvalue weighted by Gasteiger charge is -2.31. The van der Waals surface area contributed by atoms with Crippen LogP contribution < -0.4 is 34.1 Å². The number of methoxy groups -OCH3 is 2. The van der Waals surface area contributed by atoms with Gasteiger partial charge >= 0.3 is 13.2 Å². The number of carbonyl (C=O) groups is 2. The Hall–Kier alpha value is -6.90. The molecule has 2 atom stereocenters. The van der Waals surface area contributed by atoms with E-state index in [9.17, 15) is 27.2 Å². The number of nitrogens with zero attached hydrogens (tertiary/aromatic N) is 3. The Morgan fingerprint density at radius 2 is 1.07 bits per heavy atom. The first-order valence-electron chi connectivity index (χ1n) is 23.7. The van der Waals surface area contributed by atoms with E-state index in [1.807, 2.05) is 114 Å². The van der Waals surface area contributed by atoms with Crippen LogP contribution in [-0.2, 0) is 0 Å². The molecule has 70 heavy (non-hydrogen) atoms. The number of hydrogen-bond donors (Lipinski definition) is 1. The summed E-state index contributed by atoms with van der Waals surface area (Å²) in [5, 5.41) is 3.44. The molecule has 1 aliphatic carbocycles. The van der Waals surface area contributed by atoms with E-state index < -0.39 is 13.2 Å². The topological polar surface area (TPSA) is 92.8 Å². The standard InChI is InChI=1S/C30H32F2N2O3.C26H26F2N2O3/c1-36-28-18-24(14-15-27(28)37-30(31)32)29(35)34(20-26-11-6-16-33(26)19-21-12-13-21)25-10-5-9-23(17-25)22-7-3-2-4-8-22;1-32-24-16-20(12-13-23(24)33-26(27)28)25(31)30(17-21-10-6-14-29-21)22-11-5-9-19(15-22)18-7-3-2-4-8-18/h2-5,7-10,14-15,17-18,21,26,30H,6,11-13,16,19-20H2,1H3;2-5,7-9,11-13,15-16,21,26,29H,6,10,14,17H2,1H3. The van der Waals surface area contributed by atoms with Gasteiger partial charge in [-0.05, 0) is 140 Å².